The van der Waals surface area contributed by atoms with E-state index in [9.17, 15) is 23.1 Å². The largest absolute Gasteiger partial charge is 0.487 e. The molecule has 202 valence electrons. The van der Waals surface area contributed by atoms with Crippen molar-refractivity contribution in [3.63, 3.8) is 0 Å². The molecule has 1 aromatic heterocycles. The van der Waals surface area contributed by atoms with Crippen LogP contribution in [0.3, 0.4) is 0 Å². The highest BCUT2D eigenvalue weighted by atomic mass is 19.4. The molecule has 2 aromatic carbocycles. The molecule has 1 spiro atoms. The van der Waals surface area contributed by atoms with Crippen molar-refractivity contribution in [1.29, 1.82) is 0 Å². The molecule has 2 fully saturated rings. The first kappa shape index (κ1) is 25.1. The molecule has 2 aliphatic heterocycles. The van der Waals surface area contributed by atoms with Gasteiger partial charge in [0, 0.05) is 44.1 Å². The average Bonchev–Trinajstić information content (AvgIpc) is 3.66. The smallest absolute Gasteiger partial charge is 0.435 e. The van der Waals surface area contributed by atoms with Crippen LogP contribution in [0, 0.1) is 11.8 Å². The predicted octanol–water partition coefficient (Wildman–Crippen LogP) is 6.17. The van der Waals surface area contributed by atoms with E-state index in [1.165, 1.54) is 16.3 Å². The zero-order valence-corrected chi connectivity index (χ0v) is 21.6. The maximum absolute atomic E-state index is 13.4. The molecule has 1 saturated carbocycles. The summed E-state index contributed by atoms with van der Waals surface area (Å²) >= 11 is 0. The summed E-state index contributed by atoms with van der Waals surface area (Å²) in [5.41, 5.74) is 2.44. The van der Waals surface area contributed by atoms with Gasteiger partial charge in [0.2, 0.25) is 0 Å². The highest BCUT2D eigenvalue weighted by molar-refractivity contribution is 5.86. The third-order valence-electron chi connectivity index (χ3n) is 8.85. The fourth-order valence-electron chi connectivity index (χ4n) is 6.48. The number of ether oxygens (including phenoxy) is 1. The van der Waals surface area contributed by atoms with Crippen LogP contribution in [-0.2, 0) is 24.4 Å². The Bertz CT molecular complexity index is 1390. The summed E-state index contributed by atoms with van der Waals surface area (Å²) in [4.78, 5) is 14.0. The van der Waals surface area contributed by atoms with E-state index < -0.39 is 23.8 Å². The lowest BCUT2D eigenvalue weighted by molar-refractivity contribution is -0.142. The van der Waals surface area contributed by atoms with Crippen molar-refractivity contribution in [3.05, 3.63) is 53.2 Å². The van der Waals surface area contributed by atoms with Gasteiger partial charge in [-0.2, -0.15) is 18.3 Å². The molecule has 9 heteroatoms. The summed E-state index contributed by atoms with van der Waals surface area (Å²) in [6.45, 7) is 3.28. The molecule has 1 saturated heterocycles. The number of benzene rings is 2. The second-order valence-electron chi connectivity index (χ2n) is 11.3. The van der Waals surface area contributed by atoms with Gasteiger partial charge < -0.3 is 14.7 Å². The van der Waals surface area contributed by atoms with Crippen LogP contribution >= 0.6 is 0 Å². The van der Waals surface area contributed by atoms with E-state index in [-0.39, 0.29) is 16.9 Å². The number of carbonyl (C=O) groups is 1. The molecule has 3 heterocycles. The van der Waals surface area contributed by atoms with Crippen LogP contribution in [0.4, 0.5) is 18.9 Å². The van der Waals surface area contributed by atoms with Gasteiger partial charge in [0.05, 0.1) is 11.4 Å². The second-order valence-corrected chi connectivity index (χ2v) is 11.3. The number of rotatable bonds is 5. The van der Waals surface area contributed by atoms with Gasteiger partial charge in [-0.1, -0.05) is 19.1 Å². The van der Waals surface area contributed by atoms with Crippen LogP contribution < -0.4 is 9.64 Å². The van der Waals surface area contributed by atoms with E-state index in [0.717, 1.165) is 68.6 Å². The molecule has 2 atom stereocenters. The van der Waals surface area contributed by atoms with Crippen LogP contribution in [0.2, 0.25) is 0 Å². The lowest BCUT2D eigenvalue weighted by Crippen LogP contribution is -2.49. The fraction of sp³-hybridized carbons (Fsp3) is 0.517. The zero-order valence-electron chi connectivity index (χ0n) is 21.6. The number of aromatic nitrogens is 2. The van der Waals surface area contributed by atoms with Crippen LogP contribution in [0.25, 0.3) is 10.9 Å². The Hall–Kier alpha value is -3.23. The highest BCUT2D eigenvalue weighted by Crippen LogP contribution is 2.49. The number of nitrogens with zero attached hydrogens (tertiary/aromatic N) is 3. The summed E-state index contributed by atoms with van der Waals surface area (Å²) < 4.78 is 48.1. The summed E-state index contributed by atoms with van der Waals surface area (Å²) in [6, 6.07) is 11.3. The second kappa shape index (κ2) is 8.92. The van der Waals surface area contributed by atoms with Gasteiger partial charge in [-0.15, -0.1) is 0 Å². The number of piperidine rings is 1. The van der Waals surface area contributed by atoms with Crippen molar-refractivity contribution in [1.82, 2.24) is 9.78 Å². The molecule has 2 unspecified atom stereocenters. The van der Waals surface area contributed by atoms with E-state index in [2.05, 4.69) is 28.2 Å². The van der Waals surface area contributed by atoms with Gasteiger partial charge in [0.1, 0.15) is 11.4 Å². The van der Waals surface area contributed by atoms with E-state index in [1.807, 2.05) is 0 Å². The van der Waals surface area contributed by atoms with Gasteiger partial charge in [-0.25, -0.2) is 0 Å². The molecule has 38 heavy (non-hydrogen) atoms. The van der Waals surface area contributed by atoms with Crippen molar-refractivity contribution < 1.29 is 27.8 Å². The minimum atomic E-state index is -4.49. The Morgan fingerprint density at radius 1 is 1.13 bits per heavy atom. The number of halogens is 3. The zero-order chi connectivity index (χ0) is 26.8. The van der Waals surface area contributed by atoms with E-state index in [4.69, 9.17) is 4.74 Å². The Kier molecular flexibility index (Phi) is 5.88. The van der Waals surface area contributed by atoms with E-state index in [0.29, 0.717) is 11.4 Å². The Morgan fingerprint density at radius 3 is 2.53 bits per heavy atom. The number of carboxylic acids is 1. The Labute approximate surface area is 219 Å². The molecule has 3 aromatic rings. The standard InChI is InChI=1S/C29H32F3N3O3/c1-17(27(36)37)25(19-4-5-19)20-6-3-18-9-10-28(38-24(18)15-20)11-13-35(14-12-28)21-7-8-22-23(16-21)34(2)33-26(22)29(30,31)32/h3,6-8,15-17,19,25H,4-5,9-14H2,1-2H3,(H,36,37). The van der Waals surface area contributed by atoms with Crippen molar-refractivity contribution in [2.24, 2.45) is 18.9 Å². The fourth-order valence-corrected chi connectivity index (χ4v) is 6.48. The van der Waals surface area contributed by atoms with Gasteiger partial charge in [-0.3, -0.25) is 9.48 Å². The van der Waals surface area contributed by atoms with Gasteiger partial charge >= 0.3 is 12.1 Å². The average molecular weight is 528 g/mol. The van der Waals surface area contributed by atoms with Crippen molar-refractivity contribution in [2.45, 2.75) is 63.1 Å². The van der Waals surface area contributed by atoms with E-state index >= 15 is 0 Å². The minimum absolute atomic E-state index is 0.000838. The number of aliphatic carboxylic acids is 1. The molecule has 1 N–H and O–H groups in total. The Morgan fingerprint density at radius 2 is 1.87 bits per heavy atom. The molecule has 0 amide bonds. The third-order valence-corrected chi connectivity index (χ3v) is 8.85. The molecular formula is C29H32F3N3O3. The number of hydrogen-bond acceptors (Lipinski definition) is 4. The number of anilines is 1. The summed E-state index contributed by atoms with van der Waals surface area (Å²) in [5.74, 6) is 0.0971. The van der Waals surface area contributed by atoms with Gasteiger partial charge in [-0.05, 0) is 72.9 Å². The van der Waals surface area contributed by atoms with Gasteiger partial charge in [0.15, 0.2) is 5.69 Å². The van der Waals surface area contributed by atoms with Crippen molar-refractivity contribution in [2.75, 3.05) is 18.0 Å². The van der Waals surface area contributed by atoms with Crippen molar-refractivity contribution in [3.8, 4) is 5.75 Å². The molecule has 1 aliphatic carbocycles. The van der Waals surface area contributed by atoms with Crippen LogP contribution in [0.5, 0.6) is 5.75 Å². The minimum Gasteiger partial charge on any atom is -0.487 e. The summed E-state index contributed by atoms with van der Waals surface area (Å²) in [7, 11) is 1.54. The van der Waals surface area contributed by atoms with Crippen LogP contribution in [-0.4, -0.2) is 39.5 Å². The maximum Gasteiger partial charge on any atom is 0.435 e. The van der Waals surface area contributed by atoms with Crippen molar-refractivity contribution >= 4 is 22.6 Å². The maximum atomic E-state index is 13.4. The molecule has 0 radical (unpaired) electrons. The summed E-state index contributed by atoms with van der Waals surface area (Å²) in [6.07, 6.45) is 1.11. The lowest BCUT2D eigenvalue weighted by Gasteiger charge is -2.45. The highest BCUT2D eigenvalue weighted by Gasteiger charge is 2.42. The molecule has 6 nitrogen and oxygen atoms in total. The molecule has 0 bridgehead atoms. The quantitative estimate of drug-likeness (QED) is 0.430. The first-order valence-electron chi connectivity index (χ1n) is 13.4. The topological polar surface area (TPSA) is 67.6 Å². The monoisotopic (exact) mass is 527 g/mol. The number of hydrogen-bond donors (Lipinski definition) is 1. The predicted molar refractivity (Wildman–Crippen MR) is 138 cm³/mol. The normalized spacial score (nSPS) is 20.7. The van der Waals surface area contributed by atoms with Gasteiger partial charge in [0.25, 0.3) is 0 Å². The summed E-state index contributed by atoms with van der Waals surface area (Å²) in [5, 5.41) is 13.5. The van der Waals surface area contributed by atoms with E-state index in [1.54, 1.807) is 26.1 Å². The van der Waals surface area contributed by atoms with Crippen LogP contribution in [0.15, 0.2) is 36.4 Å². The molecule has 6 rings (SSSR count). The first-order valence-corrected chi connectivity index (χ1v) is 13.4. The SMILES string of the molecule is CC(C(=O)O)C(c1ccc2c(c1)OC1(CC2)CCN(c2ccc3c(C(F)(F)F)nn(C)c3c2)CC1)C1CC1. The number of alkyl halides is 3. The Balaban J connectivity index is 1.19. The first-order chi connectivity index (χ1) is 18.0. The number of fused-ring (bicyclic) bond motifs is 2. The molecular weight excluding hydrogens is 495 g/mol. The number of aryl methyl sites for hydroxylation is 2. The lowest BCUT2D eigenvalue weighted by atomic mass is 9.80. The van der Waals surface area contributed by atoms with Crippen LogP contribution in [0.1, 0.15) is 61.8 Å². The number of carboxylic acid groups (broad SMARTS) is 1. The molecule has 3 aliphatic rings. The third kappa shape index (κ3) is 4.39.